The predicted molar refractivity (Wildman–Crippen MR) is 58.3 cm³/mol. The van der Waals surface area contributed by atoms with E-state index in [1.54, 1.807) is 9.45 Å². The quantitative estimate of drug-likeness (QED) is 0.701. The van der Waals surface area contributed by atoms with Crippen molar-refractivity contribution in [3.63, 3.8) is 0 Å². The van der Waals surface area contributed by atoms with Crippen molar-refractivity contribution >= 4 is 36.6 Å². The van der Waals surface area contributed by atoms with Crippen molar-refractivity contribution in [3.05, 3.63) is 21.6 Å². The van der Waals surface area contributed by atoms with E-state index in [-0.39, 0.29) is 24.8 Å². The molecule has 0 bridgehead atoms. The standard InChI is InChI=1S/C8H11S.2ClH.Ti/c1-2-9-7-8-5-3-4-6-8;;;/h3,5H,2,4,7H2,1H3;2*1H;. The van der Waals surface area contributed by atoms with Gasteiger partial charge in [0.15, 0.2) is 0 Å². The topological polar surface area (TPSA) is 0 Å². The van der Waals surface area contributed by atoms with Gasteiger partial charge in [0, 0.05) is 0 Å². The molecular formula is C8H13Cl2STi. The van der Waals surface area contributed by atoms with Crippen LogP contribution in [-0.4, -0.2) is 11.5 Å². The number of hydrogen-bond donors (Lipinski definition) is 0. The third-order valence-corrected chi connectivity index (χ3v) is 3.23. The van der Waals surface area contributed by atoms with Crippen LogP contribution in [0.2, 0.25) is 0 Å². The number of halogens is 2. The summed E-state index contributed by atoms with van der Waals surface area (Å²) in [7, 11) is 0. The Morgan fingerprint density at radius 2 is 2.17 bits per heavy atom. The fraction of sp³-hybridized carbons (Fsp3) is 0.500. The second-order valence-electron chi connectivity index (χ2n) is 2.25. The molecule has 0 fully saturated rings. The first-order valence-electron chi connectivity index (χ1n) is 3.52. The Labute approximate surface area is 103 Å². The maximum absolute atomic E-state index is 2.26. The molecule has 0 aromatic heterocycles. The second kappa shape index (κ2) is 8.71. The summed E-state index contributed by atoms with van der Waals surface area (Å²) < 4.78 is 1.56. The van der Waals surface area contributed by atoms with Crippen LogP contribution in [0.5, 0.6) is 0 Å². The zero-order valence-electron chi connectivity index (χ0n) is 7.00. The van der Waals surface area contributed by atoms with Gasteiger partial charge >= 0.3 is 78.7 Å². The van der Waals surface area contributed by atoms with Crippen LogP contribution in [0.25, 0.3) is 0 Å². The third-order valence-electron chi connectivity index (χ3n) is 1.49. The van der Waals surface area contributed by atoms with Crippen molar-refractivity contribution in [3.8, 4) is 0 Å². The average molecular weight is 260 g/mol. The van der Waals surface area contributed by atoms with Crippen LogP contribution in [-0.2, 0) is 20.4 Å². The molecule has 0 spiro atoms. The van der Waals surface area contributed by atoms with Gasteiger partial charge < -0.3 is 0 Å². The van der Waals surface area contributed by atoms with E-state index in [0.29, 0.717) is 0 Å². The minimum absolute atomic E-state index is 0. The fourth-order valence-corrected chi connectivity index (χ4v) is 2.24. The number of rotatable bonds is 3. The van der Waals surface area contributed by atoms with Gasteiger partial charge in [0.1, 0.15) is 0 Å². The number of hydrogen-bond acceptors (Lipinski definition) is 1. The molecule has 1 aliphatic rings. The van der Waals surface area contributed by atoms with Crippen LogP contribution in [0, 0.1) is 0 Å². The first-order chi connectivity index (χ1) is 4.84. The van der Waals surface area contributed by atoms with Crippen LogP contribution in [0.1, 0.15) is 13.3 Å². The molecule has 0 unspecified atom stereocenters. The zero-order chi connectivity index (χ0) is 7.40. The smallest absolute Gasteiger partial charge is 0.147 e. The summed E-state index contributed by atoms with van der Waals surface area (Å²) in [4.78, 5) is 0. The van der Waals surface area contributed by atoms with Gasteiger partial charge in [0.25, 0.3) is 0 Å². The Bertz CT molecular complexity index is 178. The van der Waals surface area contributed by atoms with Gasteiger partial charge in [-0.05, 0) is 0 Å². The summed E-state index contributed by atoms with van der Waals surface area (Å²) in [6, 6.07) is 0. The minimum Gasteiger partial charge on any atom is -0.147 e. The second-order valence-corrected chi connectivity index (χ2v) is 4.46. The molecule has 0 radical (unpaired) electrons. The van der Waals surface area contributed by atoms with Crippen molar-refractivity contribution in [2.45, 2.75) is 13.3 Å². The van der Waals surface area contributed by atoms with E-state index in [9.17, 15) is 0 Å². The summed E-state index contributed by atoms with van der Waals surface area (Å²) in [5, 5.41) is 0. The first-order valence-corrected chi connectivity index (χ1v) is 5.46. The molecule has 0 aliphatic heterocycles. The van der Waals surface area contributed by atoms with Crippen LogP contribution in [0.3, 0.4) is 0 Å². The van der Waals surface area contributed by atoms with Gasteiger partial charge in [-0.2, -0.15) is 0 Å². The fourth-order valence-electron chi connectivity index (χ4n) is 0.898. The Hall–Kier alpha value is 1.12. The van der Waals surface area contributed by atoms with Crippen molar-refractivity contribution in [1.82, 2.24) is 0 Å². The summed E-state index contributed by atoms with van der Waals surface area (Å²) >= 11 is 4.23. The minimum atomic E-state index is 0. The van der Waals surface area contributed by atoms with Gasteiger partial charge in [-0.3, -0.25) is 0 Å². The molecule has 1 aliphatic carbocycles. The van der Waals surface area contributed by atoms with Crippen molar-refractivity contribution in [2.24, 2.45) is 0 Å². The van der Waals surface area contributed by atoms with Gasteiger partial charge in [0.2, 0.25) is 0 Å². The molecule has 0 aromatic carbocycles. The van der Waals surface area contributed by atoms with E-state index in [4.69, 9.17) is 0 Å². The van der Waals surface area contributed by atoms with E-state index >= 15 is 0 Å². The van der Waals surface area contributed by atoms with Crippen molar-refractivity contribution in [2.75, 3.05) is 11.5 Å². The summed E-state index contributed by atoms with van der Waals surface area (Å²) in [5.41, 5.74) is 1.55. The van der Waals surface area contributed by atoms with E-state index in [1.807, 2.05) is 11.8 Å². The first kappa shape index (κ1) is 15.6. The van der Waals surface area contributed by atoms with Crippen LogP contribution < -0.4 is 0 Å². The molecule has 0 N–H and O–H groups in total. The van der Waals surface area contributed by atoms with E-state index in [1.165, 1.54) is 17.9 Å². The maximum Gasteiger partial charge on any atom is -0.147 e. The van der Waals surface area contributed by atoms with Crippen molar-refractivity contribution in [1.29, 1.82) is 0 Å². The monoisotopic (exact) mass is 259 g/mol. The molecule has 0 aromatic rings. The largest absolute Gasteiger partial charge is 0.147 e. The van der Waals surface area contributed by atoms with Gasteiger partial charge in [-0.1, -0.05) is 0 Å². The molecule has 4 heteroatoms. The normalized spacial score (nSPS) is 14.0. The zero-order valence-corrected chi connectivity index (χ0v) is 11.0. The van der Waals surface area contributed by atoms with Gasteiger partial charge in [0.05, 0.1) is 0 Å². The Morgan fingerprint density at radius 3 is 2.58 bits per heavy atom. The molecule has 0 nitrogen and oxygen atoms in total. The Kier molecular flexibility index (Phi) is 11.3. The van der Waals surface area contributed by atoms with Crippen LogP contribution in [0.4, 0.5) is 0 Å². The van der Waals surface area contributed by atoms with Gasteiger partial charge in [-0.25, -0.2) is 0 Å². The van der Waals surface area contributed by atoms with Crippen LogP contribution in [0.15, 0.2) is 21.6 Å². The summed E-state index contributed by atoms with van der Waals surface area (Å²) in [6.07, 6.45) is 5.69. The van der Waals surface area contributed by atoms with Gasteiger partial charge in [-0.15, -0.1) is 24.8 Å². The SMILES string of the molecule is CCSCC1=[C]([Ti])CC=C1.Cl.Cl. The molecule has 69 valence electrons. The number of allylic oxidation sites excluding steroid dienone is 3. The molecular weight excluding hydrogens is 247 g/mol. The maximum atomic E-state index is 2.26. The molecule has 0 atom stereocenters. The Balaban J connectivity index is 0. The molecule has 0 saturated heterocycles. The molecule has 12 heavy (non-hydrogen) atoms. The molecule has 0 saturated carbocycles. The van der Waals surface area contributed by atoms with E-state index in [2.05, 4.69) is 39.5 Å². The van der Waals surface area contributed by atoms with Crippen molar-refractivity contribution < 1.29 is 20.4 Å². The number of thioether (sulfide) groups is 1. The summed E-state index contributed by atoms with van der Waals surface area (Å²) in [6.45, 7) is 2.21. The Morgan fingerprint density at radius 1 is 1.50 bits per heavy atom. The third kappa shape index (κ3) is 4.98. The van der Waals surface area contributed by atoms with E-state index in [0.717, 1.165) is 0 Å². The van der Waals surface area contributed by atoms with E-state index < -0.39 is 0 Å². The average Bonchev–Trinajstić information content (AvgIpc) is 2.31. The predicted octanol–water partition coefficient (Wildman–Crippen LogP) is 3.34. The molecule has 0 amide bonds. The summed E-state index contributed by atoms with van der Waals surface area (Å²) in [5.74, 6) is 2.43. The van der Waals surface area contributed by atoms with Crippen LogP contribution >= 0.6 is 36.6 Å². The molecule has 0 heterocycles. The molecule has 1 rings (SSSR count).